The molecule has 1 aromatic rings. The van der Waals surface area contributed by atoms with Gasteiger partial charge in [-0.25, -0.2) is 0 Å². The van der Waals surface area contributed by atoms with E-state index in [1.165, 1.54) is 0 Å². The van der Waals surface area contributed by atoms with Crippen molar-refractivity contribution in [1.82, 2.24) is 10.6 Å². The van der Waals surface area contributed by atoms with Gasteiger partial charge in [-0.15, -0.1) is 24.8 Å². The number of carbonyl (C=O) groups is 1. The zero-order valence-corrected chi connectivity index (χ0v) is 14.5. The molecule has 0 aliphatic heterocycles. The van der Waals surface area contributed by atoms with Gasteiger partial charge in [0.15, 0.2) is 18.1 Å². The zero-order chi connectivity index (χ0) is 14.8. The van der Waals surface area contributed by atoms with Gasteiger partial charge in [-0.2, -0.15) is 0 Å². The standard InChI is InChI=1S/C14H23N3O3.2ClH/c1-16-7-4-8-17-9-11-5-3-6-12(19-2)14(11)20-10-13(15)18;;/h3,5-6,16-17H,4,7-10H2,1-2H3,(H2,15,18);2*1H. The molecule has 0 aliphatic carbocycles. The molecule has 1 aromatic carbocycles. The maximum atomic E-state index is 10.8. The largest absolute Gasteiger partial charge is 0.493 e. The van der Waals surface area contributed by atoms with Crippen molar-refractivity contribution in [3.05, 3.63) is 23.8 Å². The third-order valence-corrected chi connectivity index (χ3v) is 2.73. The van der Waals surface area contributed by atoms with Gasteiger partial charge in [0.2, 0.25) is 0 Å². The first-order valence-electron chi connectivity index (χ1n) is 6.61. The molecule has 0 bridgehead atoms. The molecule has 4 N–H and O–H groups in total. The maximum Gasteiger partial charge on any atom is 0.255 e. The number of nitrogens with one attached hydrogen (secondary N) is 2. The number of carbonyl (C=O) groups excluding carboxylic acids is 1. The van der Waals surface area contributed by atoms with Gasteiger partial charge in [0, 0.05) is 12.1 Å². The van der Waals surface area contributed by atoms with Crippen LogP contribution in [0.1, 0.15) is 12.0 Å². The normalized spacial score (nSPS) is 9.36. The van der Waals surface area contributed by atoms with Gasteiger partial charge >= 0.3 is 0 Å². The summed E-state index contributed by atoms with van der Waals surface area (Å²) in [6.07, 6.45) is 1.04. The minimum absolute atomic E-state index is 0. The maximum absolute atomic E-state index is 10.8. The molecule has 0 aliphatic rings. The van der Waals surface area contributed by atoms with Crippen molar-refractivity contribution in [2.75, 3.05) is 33.9 Å². The number of primary amides is 1. The van der Waals surface area contributed by atoms with E-state index in [0.717, 1.165) is 25.1 Å². The van der Waals surface area contributed by atoms with Gasteiger partial charge in [-0.3, -0.25) is 4.79 Å². The van der Waals surface area contributed by atoms with Crippen molar-refractivity contribution < 1.29 is 14.3 Å². The van der Waals surface area contributed by atoms with E-state index in [9.17, 15) is 4.79 Å². The van der Waals surface area contributed by atoms with Crippen LogP contribution in [0.2, 0.25) is 0 Å². The number of amides is 1. The summed E-state index contributed by atoms with van der Waals surface area (Å²) in [6.45, 7) is 2.35. The van der Waals surface area contributed by atoms with E-state index in [1.807, 2.05) is 19.2 Å². The fraction of sp³-hybridized carbons (Fsp3) is 0.500. The van der Waals surface area contributed by atoms with E-state index in [2.05, 4.69) is 10.6 Å². The predicted molar refractivity (Wildman–Crippen MR) is 92.4 cm³/mol. The van der Waals surface area contributed by atoms with Crippen molar-refractivity contribution in [1.29, 1.82) is 0 Å². The van der Waals surface area contributed by atoms with Crippen LogP contribution in [0.4, 0.5) is 0 Å². The summed E-state index contributed by atoms with van der Waals surface area (Å²) in [4.78, 5) is 10.8. The highest BCUT2D eigenvalue weighted by Crippen LogP contribution is 2.30. The Balaban J connectivity index is 0. The SMILES string of the molecule is CNCCCNCc1cccc(OC)c1OCC(N)=O.Cl.Cl. The van der Waals surface area contributed by atoms with Crippen molar-refractivity contribution in [3.8, 4) is 11.5 Å². The second-order valence-electron chi connectivity index (χ2n) is 4.34. The minimum atomic E-state index is -0.510. The van der Waals surface area contributed by atoms with Crippen LogP contribution in [-0.2, 0) is 11.3 Å². The average Bonchev–Trinajstić information content (AvgIpc) is 2.45. The first-order chi connectivity index (χ1) is 9.69. The molecule has 0 spiro atoms. The minimum Gasteiger partial charge on any atom is -0.493 e. The smallest absolute Gasteiger partial charge is 0.255 e. The lowest BCUT2D eigenvalue weighted by Gasteiger charge is -2.14. The molecule has 128 valence electrons. The second kappa shape index (κ2) is 13.5. The lowest BCUT2D eigenvalue weighted by atomic mass is 10.2. The molecule has 0 atom stereocenters. The first-order valence-corrected chi connectivity index (χ1v) is 6.61. The van der Waals surface area contributed by atoms with E-state index >= 15 is 0 Å². The molecule has 22 heavy (non-hydrogen) atoms. The zero-order valence-electron chi connectivity index (χ0n) is 12.9. The molecular formula is C14H25Cl2N3O3. The van der Waals surface area contributed by atoms with Crippen molar-refractivity contribution >= 4 is 30.7 Å². The highest BCUT2D eigenvalue weighted by molar-refractivity contribution is 5.85. The van der Waals surface area contributed by atoms with Crippen LogP contribution >= 0.6 is 24.8 Å². The quantitative estimate of drug-likeness (QED) is 0.548. The number of methoxy groups -OCH3 is 1. The van der Waals surface area contributed by atoms with E-state index in [1.54, 1.807) is 13.2 Å². The molecule has 0 heterocycles. The van der Waals surface area contributed by atoms with Crippen LogP contribution in [0.3, 0.4) is 0 Å². The third-order valence-electron chi connectivity index (χ3n) is 2.73. The number of para-hydroxylation sites is 1. The van der Waals surface area contributed by atoms with Crippen LogP contribution in [0.15, 0.2) is 18.2 Å². The summed E-state index contributed by atoms with van der Waals surface area (Å²) in [5.74, 6) is 0.652. The number of rotatable bonds is 10. The molecule has 0 unspecified atom stereocenters. The van der Waals surface area contributed by atoms with E-state index in [-0.39, 0.29) is 31.4 Å². The number of benzene rings is 1. The summed E-state index contributed by atoms with van der Waals surface area (Å²) in [6, 6.07) is 5.62. The third kappa shape index (κ3) is 8.29. The van der Waals surface area contributed by atoms with Crippen LogP contribution in [-0.4, -0.2) is 39.8 Å². The Morgan fingerprint density at radius 2 is 2.00 bits per heavy atom. The number of hydrogen-bond acceptors (Lipinski definition) is 5. The van der Waals surface area contributed by atoms with E-state index in [4.69, 9.17) is 15.2 Å². The molecule has 0 saturated carbocycles. The molecule has 8 heteroatoms. The molecule has 0 radical (unpaired) electrons. The molecule has 0 fully saturated rings. The summed E-state index contributed by atoms with van der Waals surface area (Å²) in [7, 11) is 3.49. The Morgan fingerprint density at radius 3 is 2.59 bits per heavy atom. The Morgan fingerprint density at radius 1 is 1.27 bits per heavy atom. The molecule has 0 saturated heterocycles. The van der Waals surface area contributed by atoms with Crippen LogP contribution in [0.5, 0.6) is 11.5 Å². The highest BCUT2D eigenvalue weighted by atomic mass is 35.5. The number of ether oxygens (including phenoxy) is 2. The fourth-order valence-corrected chi connectivity index (χ4v) is 1.78. The molecule has 1 amide bonds. The Labute approximate surface area is 143 Å². The van der Waals surface area contributed by atoms with Crippen LogP contribution < -0.4 is 25.8 Å². The van der Waals surface area contributed by atoms with Gasteiger partial charge in [-0.1, -0.05) is 12.1 Å². The lowest BCUT2D eigenvalue weighted by Crippen LogP contribution is -2.22. The molecule has 6 nitrogen and oxygen atoms in total. The average molecular weight is 354 g/mol. The van der Waals surface area contributed by atoms with Gasteiger partial charge in [0.25, 0.3) is 5.91 Å². The summed E-state index contributed by atoms with van der Waals surface area (Å²) in [5, 5.41) is 6.42. The monoisotopic (exact) mass is 353 g/mol. The van der Waals surface area contributed by atoms with E-state index < -0.39 is 5.91 Å². The number of hydrogen-bond donors (Lipinski definition) is 3. The van der Waals surface area contributed by atoms with Crippen LogP contribution in [0, 0.1) is 0 Å². The van der Waals surface area contributed by atoms with Crippen molar-refractivity contribution in [3.63, 3.8) is 0 Å². The Bertz CT molecular complexity index is 434. The molecular weight excluding hydrogens is 329 g/mol. The fourth-order valence-electron chi connectivity index (χ4n) is 1.78. The molecule has 0 aromatic heterocycles. The second-order valence-corrected chi connectivity index (χ2v) is 4.34. The van der Waals surface area contributed by atoms with Gasteiger partial charge in [0.1, 0.15) is 0 Å². The van der Waals surface area contributed by atoms with E-state index in [0.29, 0.717) is 18.0 Å². The first kappa shape index (κ1) is 23.1. The van der Waals surface area contributed by atoms with Crippen LogP contribution in [0.25, 0.3) is 0 Å². The summed E-state index contributed by atoms with van der Waals surface area (Å²) in [5.41, 5.74) is 6.05. The number of halogens is 2. The van der Waals surface area contributed by atoms with Crippen molar-refractivity contribution in [2.45, 2.75) is 13.0 Å². The van der Waals surface area contributed by atoms with Gasteiger partial charge in [-0.05, 0) is 32.6 Å². The lowest BCUT2D eigenvalue weighted by molar-refractivity contribution is -0.119. The predicted octanol–water partition coefficient (Wildman–Crippen LogP) is 1.10. The summed E-state index contributed by atoms with van der Waals surface area (Å²) >= 11 is 0. The number of nitrogens with two attached hydrogens (primary N) is 1. The van der Waals surface area contributed by atoms with Gasteiger partial charge in [0.05, 0.1) is 7.11 Å². The summed E-state index contributed by atoms with van der Waals surface area (Å²) < 4.78 is 10.7. The topological polar surface area (TPSA) is 85.6 Å². The Kier molecular flexibility index (Phi) is 14.1. The van der Waals surface area contributed by atoms with Gasteiger partial charge < -0.3 is 25.8 Å². The highest BCUT2D eigenvalue weighted by Gasteiger charge is 2.11. The van der Waals surface area contributed by atoms with Crippen molar-refractivity contribution in [2.24, 2.45) is 5.73 Å². The molecule has 1 rings (SSSR count). The Hall–Kier alpha value is -1.21.